The molecule has 6 heteroatoms. The Balaban J connectivity index is 1.11. The monoisotopic (exact) mass is 616 g/mol. The smallest absolute Gasteiger partial charge is 0.333 e. The van der Waals surface area contributed by atoms with Crippen molar-refractivity contribution in [3.63, 3.8) is 0 Å². The van der Waals surface area contributed by atoms with Gasteiger partial charge in [-0.1, -0.05) is 71.8 Å². The topological polar surface area (TPSA) is 63.2 Å². The van der Waals surface area contributed by atoms with Crippen molar-refractivity contribution in [3.8, 4) is 0 Å². The highest BCUT2D eigenvalue weighted by Gasteiger charge is 2.66. The molecule has 4 atom stereocenters. The highest BCUT2D eigenvalue weighted by Crippen LogP contribution is 2.63. The summed E-state index contributed by atoms with van der Waals surface area (Å²) in [5.74, 6) is 0.218. The van der Waals surface area contributed by atoms with E-state index in [1.165, 1.54) is 89.9 Å². The minimum atomic E-state index is -0.490. The molecule has 0 aromatic carbocycles. The molecule has 6 rings (SSSR count). The quantitative estimate of drug-likeness (QED) is 0.0687. The molecule has 2 heterocycles. The third kappa shape index (κ3) is 8.30. The van der Waals surface area contributed by atoms with Crippen LogP contribution in [0.25, 0.3) is 0 Å². The van der Waals surface area contributed by atoms with Crippen molar-refractivity contribution >= 4 is 5.97 Å². The van der Waals surface area contributed by atoms with Gasteiger partial charge in [-0.15, -0.1) is 0 Å². The van der Waals surface area contributed by atoms with Crippen LogP contribution in [0.2, 0.25) is 0 Å². The predicted octanol–water partition coefficient (Wildman–Crippen LogP) is 9.17. The van der Waals surface area contributed by atoms with E-state index in [9.17, 15) is 4.79 Å². The maximum absolute atomic E-state index is 12.8. The molecule has 252 valence electrons. The molecular formula is C38H64O6. The summed E-state index contributed by atoms with van der Waals surface area (Å²) in [7, 11) is 0. The summed E-state index contributed by atoms with van der Waals surface area (Å²) in [6.07, 6.45) is 24.8. The summed E-state index contributed by atoms with van der Waals surface area (Å²) in [5.41, 5.74) is -0.174. The van der Waals surface area contributed by atoms with Gasteiger partial charge in [-0.25, -0.2) is 4.79 Å². The number of hydrogen-bond donors (Lipinski definition) is 0. The summed E-state index contributed by atoms with van der Waals surface area (Å²) in [4.78, 5) is 12.8. The Labute approximate surface area is 268 Å². The molecule has 4 saturated carbocycles. The molecule has 4 aliphatic carbocycles. The lowest BCUT2D eigenvalue weighted by Crippen LogP contribution is -2.68. The second-order valence-corrected chi connectivity index (χ2v) is 15.8. The molecule has 0 aromatic rings. The molecule has 6 nitrogen and oxygen atoms in total. The molecule has 0 spiro atoms. The average molecular weight is 617 g/mol. The molecule has 0 amide bonds. The van der Waals surface area contributed by atoms with Crippen molar-refractivity contribution in [2.75, 3.05) is 26.4 Å². The van der Waals surface area contributed by atoms with Crippen LogP contribution in [0.4, 0.5) is 0 Å². The van der Waals surface area contributed by atoms with Gasteiger partial charge >= 0.3 is 5.97 Å². The Morgan fingerprint density at radius 3 is 1.52 bits per heavy atom. The zero-order valence-corrected chi connectivity index (χ0v) is 28.6. The van der Waals surface area contributed by atoms with Gasteiger partial charge in [0.05, 0.1) is 35.6 Å². The van der Waals surface area contributed by atoms with E-state index in [2.05, 4.69) is 20.4 Å². The van der Waals surface area contributed by atoms with Crippen LogP contribution in [-0.4, -0.2) is 60.4 Å². The van der Waals surface area contributed by atoms with E-state index in [0.717, 1.165) is 77.8 Å². The van der Waals surface area contributed by atoms with E-state index in [0.29, 0.717) is 11.5 Å². The molecular weight excluding hydrogens is 552 g/mol. The van der Waals surface area contributed by atoms with Gasteiger partial charge in [0.2, 0.25) is 0 Å². The Hall–Kier alpha value is -0.950. The predicted molar refractivity (Wildman–Crippen MR) is 175 cm³/mol. The lowest BCUT2D eigenvalue weighted by Gasteiger charge is -2.64. The second kappa shape index (κ2) is 14.9. The first-order chi connectivity index (χ1) is 21.2. The first kappa shape index (κ1) is 34.4. The minimum Gasteiger partial charge on any atom is -0.455 e. The van der Waals surface area contributed by atoms with Crippen LogP contribution in [0.5, 0.6) is 0 Å². The first-order valence-corrected chi connectivity index (χ1v) is 18.6. The molecule has 0 aromatic heterocycles. The lowest BCUT2D eigenvalue weighted by atomic mass is 9.50. The van der Waals surface area contributed by atoms with Gasteiger partial charge < -0.3 is 23.7 Å². The Morgan fingerprint density at radius 1 is 0.682 bits per heavy atom. The number of carbonyl (C=O) groups excluding carboxylic acids is 1. The van der Waals surface area contributed by atoms with Crippen LogP contribution in [0.1, 0.15) is 162 Å². The van der Waals surface area contributed by atoms with Gasteiger partial charge in [-0.2, -0.15) is 0 Å². The van der Waals surface area contributed by atoms with Gasteiger partial charge in [-0.3, -0.25) is 0 Å². The Morgan fingerprint density at radius 2 is 1.11 bits per heavy atom. The third-order valence-corrected chi connectivity index (χ3v) is 11.8. The van der Waals surface area contributed by atoms with E-state index in [1.807, 2.05) is 0 Å². The summed E-state index contributed by atoms with van der Waals surface area (Å²) >= 11 is 0. The second-order valence-electron chi connectivity index (χ2n) is 15.8. The molecule has 6 aliphatic rings. The van der Waals surface area contributed by atoms with Crippen LogP contribution in [-0.2, 0) is 28.5 Å². The number of ether oxygens (including phenoxy) is 5. The fourth-order valence-corrected chi connectivity index (χ4v) is 9.74. The largest absolute Gasteiger partial charge is 0.455 e. The average Bonchev–Trinajstić information content (AvgIpc) is 2.93. The van der Waals surface area contributed by atoms with Crippen molar-refractivity contribution in [2.45, 2.75) is 190 Å². The van der Waals surface area contributed by atoms with Crippen LogP contribution in [0, 0.1) is 5.92 Å². The molecule has 0 radical (unpaired) electrons. The number of unbranched alkanes of at least 4 members (excludes halogenated alkanes) is 6. The van der Waals surface area contributed by atoms with E-state index >= 15 is 0 Å². The van der Waals surface area contributed by atoms with Gasteiger partial charge in [0, 0.05) is 38.0 Å². The van der Waals surface area contributed by atoms with Crippen LogP contribution >= 0.6 is 0 Å². The normalized spacial score (nSPS) is 37.0. The highest BCUT2D eigenvalue weighted by molar-refractivity contribution is 5.87. The molecule has 2 aliphatic heterocycles. The van der Waals surface area contributed by atoms with Crippen molar-refractivity contribution in [1.82, 2.24) is 0 Å². The SMILES string of the molecule is C=C(C)C(=O)OC12CC3CC(OCCCCCC4(CCCC)CCO4)(CC(OCCCCCC4(CCCC)CCO4)(C3)C1)C2. The molecule has 6 fully saturated rings. The van der Waals surface area contributed by atoms with Crippen LogP contribution in [0.15, 0.2) is 12.2 Å². The van der Waals surface area contributed by atoms with E-state index < -0.39 is 5.60 Å². The van der Waals surface area contributed by atoms with E-state index in [4.69, 9.17) is 23.7 Å². The lowest BCUT2D eigenvalue weighted by molar-refractivity contribution is -0.283. The molecule has 4 unspecified atom stereocenters. The van der Waals surface area contributed by atoms with Crippen molar-refractivity contribution in [2.24, 2.45) is 5.92 Å². The van der Waals surface area contributed by atoms with Crippen molar-refractivity contribution in [1.29, 1.82) is 0 Å². The molecule has 4 bridgehead atoms. The number of carbonyl (C=O) groups is 1. The summed E-state index contributed by atoms with van der Waals surface area (Å²) in [5, 5.41) is 0. The van der Waals surface area contributed by atoms with Crippen LogP contribution in [0.3, 0.4) is 0 Å². The summed E-state index contributed by atoms with van der Waals surface area (Å²) in [6.45, 7) is 13.6. The first-order valence-electron chi connectivity index (χ1n) is 18.6. The number of hydrogen-bond acceptors (Lipinski definition) is 6. The minimum absolute atomic E-state index is 0.168. The van der Waals surface area contributed by atoms with Gasteiger partial charge in [0.15, 0.2) is 0 Å². The maximum atomic E-state index is 12.8. The van der Waals surface area contributed by atoms with E-state index in [-0.39, 0.29) is 28.4 Å². The van der Waals surface area contributed by atoms with Gasteiger partial charge in [0.1, 0.15) is 5.60 Å². The molecule has 0 N–H and O–H groups in total. The zero-order valence-electron chi connectivity index (χ0n) is 28.6. The Kier molecular flexibility index (Phi) is 11.6. The fraction of sp³-hybridized carbons (Fsp3) is 0.921. The third-order valence-electron chi connectivity index (χ3n) is 11.8. The van der Waals surface area contributed by atoms with E-state index in [1.54, 1.807) is 6.92 Å². The fourth-order valence-electron chi connectivity index (χ4n) is 9.74. The Bertz CT molecular complexity index is 897. The molecule has 2 saturated heterocycles. The van der Waals surface area contributed by atoms with Gasteiger partial charge in [-0.05, 0) is 83.5 Å². The number of esters is 1. The maximum Gasteiger partial charge on any atom is 0.333 e. The summed E-state index contributed by atoms with van der Waals surface area (Å²) in [6, 6.07) is 0. The van der Waals surface area contributed by atoms with Crippen molar-refractivity contribution in [3.05, 3.63) is 12.2 Å². The summed E-state index contributed by atoms with van der Waals surface area (Å²) < 4.78 is 32.1. The standard InChI is InChI=1S/C38H64O6/c1-5-7-15-34(19-23-42-34)17-11-9-13-21-40-36-25-32-26-37(28-36,30-38(27-32,29-36)44-33(39)31(3)4)41-22-14-10-12-18-35(16-8-6-2)20-24-43-35/h32H,3,5-30H2,1-2,4H3. The zero-order chi connectivity index (χ0) is 31.2. The molecule has 44 heavy (non-hydrogen) atoms. The van der Waals surface area contributed by atoms with Crippen molar-refractivity contribution < 1.29 is 28.5 Å². The van der Waals surface area contributed by atoms with Gasteiger partial charge in [0.25, 0.3) is 0 Å². The van der Waals surface area contributed by atoms with Crippen LogP contribution < -0.4 is 0 Å². The number of rotatable bonds is 22. The highest BCUT2D eigenvalue weighted by atomic mass is 16.6.